The van der Waals surface area contributed by atoms with Crippen LogP contribution in [-0.4, -0.2) is 24.6 Å². The highest BCUT2D eigenvalue weighted by molar-refractivity contribution is 7.90. The molecule has 0 aliphatic heterocycles. The Bertz CT molecular complexity index is 703. The lowest BCUT2D eigenvalue weighted by Gasteiger charge is -2.02. The molecule has 0 fully saturated rings. The van der Waals surface area contributed by atoms with Gasteiger partial charge in [0.05, 0.1) is 9.82 Å². The van der Waals surface area contributed by atoms with Crippen LogP contribution in [0.15, 0.2) is 41.6 Å². The van der Waals surface area contributed by atoms with Crippen LogP contribution in [0.25, 0.3) is 11.1 Å². The minimum Gasteiger partial charge on any atom is -0.366 e. The van der Waals surface area contributed by atoms with Gasteiger partial charge in [-0.25, -0.2) is 8.42 Å². The van der Waals surface area contributed by atoms with E-state index in [9.17, 15) is 18.5 Å². The Kier molecular flexibility index (Phi) is 2.92. The molecule has 0 bridgehead atoms. The highest BCUT2D eigenvalue weighted by Crippen LogP contribution is 2.29. The van der Waals surface area contributed by atoms with Crippen molar-refractivity contribution in [3.05, 3.63) is 46.8 Å². The predicted octanol–water partition coefficient (Wildman–Crippen LogP) is 1.99. The van der Waals surface area contributed by atoms with E-state index in [1.807, 2.05) is 0 Å². The average Bonchev–Trinajstić information content (AvgIpc) is 2.77. The number of sulfone groups is 1. The maximum absolute atomic E-state index is 11.6. The summed E-state index contributed by atoms with van der Waals surface area (Å²) in [6.07, 6.45) is 3.97. The number of non-ortho nitro benzene ring substituents is 1. The van der Waals surface area contributed by atoms with Gasteiger partial charge in [0, 0.05) is 36.3 Å². The fraction of sp³-hybridized carbons (Fsp3) is 0.0909. The molecule has 2 aromatic rings. The Labute approximate surface area is 103 Å². The first-order chi connectivity index (χ1) is 8.39. The molecule has 0 spiro atoms. The summed E-state index contributed by atoms with van der Waals surface area (Å²) in [6.45, 7) is 0. The van der Waals surface area contributed by atoms with Crippen molar-refractivity contribution in [2.24, 2.45) is 0 Å². The highest BCUT2D eigenvalue weighted by atomic mass is 32.2. The van der Waals surface area contributed by atoms with Crippen molar-refractivity contribution in [3.63, 3.8) is 0 Å². The summed E-state index contributed by atoms with van der Waals surface area (Å²) in [7, 11) is -3.37. The molecular weight excluding hydrogens is 256 g/mol. The van der Waals surface area contributed by atoms with E-state index in [0.29, 0.717) is 11.1 Å². The van der Waals surface area contributed by atoms with Crippen molar-refractivity contribution in [2.75, 3.05) is 6.26 Å². The molecule has 1 aromatic heterocycles. The second-order valence-corrected chi connectivity index (χ2v) is 5.80. The van der Waals surface area contributed by atoms with E-state index in [-0.39, 0.29) is 10.6 Å². The van der Waals surface area contributed by atoms with Crippen LogP contribution in [-0.2, 0) is 9.84 Å². The summed E-state index contributed by atoms with van der Waals surface area (Å²) < 4.78 is 23.1. The SMILES string of the molecule is CS(=O)(=O)c1c[nH]cc1-c1cccc([N+](=O)[O-])c1. The number of hydrogen-bond acceptors (Lipinski definition) is 4. The van der Waals surface area contributed by atoms with E-state index in [1.54, 1.807) is 6.07 Å². The molecule has 0 saturated heterocycles. The predicted molar refractivity (Wildman–Crippen MR) is 66.0 cm³/mol. The van der Waals surface area contributed by atoms with Gasteiger partial charge in [-0.3, -0.25) is 10.1 Å². The summed E-state index contributed by atoms with van der Waals surface area (Å²) in [4.78, 5) is 13.0. The largest absolute Gasteiger partial charge is 0.366 e. The fourth-order valence-electron chi connectivity index (χ4n) is 1.67. The Balaban J connectivity index is 2.60. The Morgan fingerprint density at radius 1 is 1.28 bits per heavy atom. The van der Waals surface area contributed by atoms with Crippen molar-refractivity contribution < 1.29 is 13.3 Å². The number of nitrogens with one attached hydrogen (secondary N) is 1. The topological polar surface area (TPSA) is 93.1 Å². The van der Waals surface area contributed by atoms with Crippen LogP contribution in [0, 0.1) is 10.1 Å². The molecule has 6 nitrogen and oxygen atoms in total. The summed E-state index contributed by atoms with van der Waals surface area (Å²) in [5.41, 5.74) is 0.847. The number of H-pyrrole nitrogens is 1. The molecule has 0 aliphatic carbocycles. The van der Waals surface area contributed by atoms with Gasteiger partial charge in [0.2, 0.25) is 0 Å². The minimum atomic E-state index is -3.37. The third kappa shape index (κ3) is 2.25. The molecule has 2 rings (SSSR count). The quantitative estimate of drug-likeness (QED) is 0.679. The van der Waals surface area contributed by atoms with Crippen molar-refractivity contribution >= 4 is 15.5 Å². The molecule has 7 heteroatoms. The van der Waals surface area contributed by atoms with Crippen LogP contribution in [0.4, 0.5) is 5.69 Å². The Morgan fingerprint density at radius 3 is 2.61 bits per heavy atom. The average molecular weight is 266 g/mol. The third-order valence-electron chi connectivity index (χ3n) is 2.48. The smallest absolute Gasteiger partial charge is 0.270 e. The number of aromatic nitrogens is 1. The maximum Gasteiger partial charge on any atom is 0.270 e. The molecule has 0 unspecified atom stereocenters. The van der Waals surface area contributed by atoms with E-state index in [0.717, 1.165) is 6.26 Å². The molecule has 0 aliphatic rings. The summed E-state index contributed by atoms with van der Waals surface area (Å²) in [5, 5.41) is 10.7. The molecule has 1 N–H and O–H groups in total. The van der Waals surface area contributed by atoms with E-state index in [2.05, 4.69) is 4.98 Å². The number of rotatable bonds is 3. The number of nitrogens with zero attached hydrogens (tertiary/aromatic N) is 1. The summed E-state index contributed by atoms with van der Waals surface area (Å²) in [6, 6.07) is 5.85. The molecule has 0 radical (unpaired) electrons. The zero-order valence-electron chi connectivity index (χ0n) is 9.45. The van der Waals surface area contributed by atoms with Crippen LogP contribution in [0.3, 0.4) is 0 Å². The standard InChI is InChI=1S/C11H10N2O4S/c1-18(16,17)11-7-12-6-10(11)8-3-2-4-9(5-8)13(14)15/h2-7,12H,1H3. The van der Waals surface area contributed by atoms with Gasteiger partial charge >= 0.3 is 0 Å². The van der Waals surface area contributed by atoms with Crippen molar-refractivity contribution in [1.29, 1.82) is 0 Å². The number of aromatic amines is 1. The van der Waals surface area contributed by atoms with Crippen LogP contribution in [0.1, 0.15) is 0 Å². The normalized spacial score (nSPS) is 11.4. The van der Waals surface area contributed by atoms with Crippen LogP contribution < -0.4 is 0 Å². The summed E-state index contributed by atoms with van der Waals surface area (Å²) in [5.74, 6) is 0. The molecule has 1 aromatic carbocycles. The molecule has 1 heterocycles. The van der Waals surface area contributed by atoms with Crippen LogP contribution in [0.2, 0.25) is 0 Å². The van der Waals surface area contributed by atoms with Gasteiger partial charge < -0.3 is 4.98 Å². The second-order valence-electron chi connectivity index (χ2n) is 3.81. The van der Waals surface area contributed by atoms with Crippen LogP contribution in [0.5, 0.6) is 0 Å². The molecule has 18 heavy (non-hydrogen) atoms. The Morgan fingerprint density at radius 2 is 2.00 bits per heavy atom. The van der Waals surface area contributed by atoms with E-state index < -0.39 is 14.8 Å². The number of nitro groups is 1. The first-order valence-corrected chi connectivity index (χ1v) is 6.90. The maximum atomic E-state index is 11.6. The van der Waals surface area contributed by atoms with Gasteiger partial charge in [-0.05, 0) is 5.56 Å². The van der Waals surface area contributed by atoms with Crippen LogP contribution >= 0.6 is 0 Å². The van der Waals surface area contributed by atoms with E-state index in [1.165, 1.54) is 30.6 Å². The van der Waals surface area contributed by atoms with Crippen molar-refractivity contribution in [1.82, 2.24) is 4.98 Å². The molecule has 94 valence electrons. The first-order valence-electron chi connectivity index (χ1n) is 5.01. The molecular formula is C11H10N2O4S. The van der Waals surface area contributed by atoms with Crippen molar-refractivity contribution in [2.45, 2.75) is 4.90 Å². The van der Waals surface area contributed by atoms with Gasteiger partial charge in [-0.15, -0.1) is 0 Å². The zero-order chi connectivity index (χ0) is 13.3. The van der Waals surface area contributed by atoms with Gasteiger partial charge in [-0.1, -0.05) is 12.1 Å². The number of nitro benzene ring substituents is 1. The van der Waals surface area contributed by atoms with Gasteiger partial charge in [0.15, 0.2) is 9.84 Å². The lowest BCUT2D eigenvalue weighted by Crippen LogP contribution is -1.97. The van der Waals surface area contributed by atoms with Gasteiger partial charge in [0.25, 0.3) is 5.69 Å². The van der Waals surface area contributed by atoms with Crippen molar-refractivity contribution in [3.8, 4) is 11.1 Å². The molecule has 0 atom stereocenters. The molecule has 0 amide bonds. The zero-order valence-corrected chi connectivity index (χ0v) is 10.3. The second kappa shape index (κ2) is 4.26. The fourth-order valence-corrected chi connectivity index (χ4v) is 2.53. The van der Waals surface area contributed by atoms with Gasteiger partial charge in [-0.2, -0.15) is 0 Å². The monoisotopic (exact) mass is 266 g/mol. The highest BCUT2D eigenvalue weighted by Gasteiger charge is 2.17. The lowest BCUT2D eigenvalue weighted by atomic mass is 10.1. The van der Waals surface area contributed by atoms with E-state index in [4.69, 9.17) is 0 Å². The number of benzene rings is 1. The Hall–Kier alpha value is -2.15. The number of hydrogen-bond donors (Lipinski definition) is 1. The first kappa shape index (κ1) is 12.3. The van der Waals surface area contributed by atoms with Gasteiger partial charge in [0.1, 0.15) is 0 Å². The third-order valence-corrected chi connectivity index (χ3v) is 3.61. The minimum absolute atomic E-state index is 0.0758. The van der Waals surface area contributed by atoms with E-state index >= 15 is 0 Å². The lowest BCUT2D eigenvalue weighted by molar-refractivity contribution is -0.384. The molecule has 0 saturated carbocycles. The summed E-state index contributed by atoms with van der Waals surface area (Å²) >= 11 is 0.